The molecule has 2 aromatic heterocycles. The highest BCUT2D eigenvalue weighted by Gasteiger charge is 2.20. The van der Waals surface area contributed by atoms with Gasteiger partial charge in [0.15, 0.2) is 5.82 Å². The third-order valence-corrected chi connectivity index (χ3v) is 7.93. The topological polar surface area (TPSA) is 114 Å². The van der Waals surface area contributed by atoms with E-state index >= 15 is 0 Å². The fourth-order valence-corrected chi connectivity index (χ4v) is 5.06. The predicted octanol–water partition coefficient (Wildman–Crippen LogP) is 3.18. The number of amides is 1. The SMILES string of the molecule is CN(C)S(=O)(=O)c1cccc(NC(=O)CSc2cc(C(=O)c3nccn3C)c3ccccc3n2)c1. The van der Waals surface area contributed by atoms with Crippen LogP contribution in [-0.4, -0.2) is 58.8 Å². The first-order valence-corrected chi connectivity index (χ1v) is 13.0. The van der Waals surface area contributed by atoms with Crippen LogP contribution in [0.15, 0.2) is 76.9 Å². The third kappa shape index (κ3) is 5.26. The molecule has 0 aliphatic heterocycles. The molecule has 0 aliphatic carbocycles. The first-order chi connectivity index (χ1) is 16.7. The molecule has 1 amide bonds. The summed E-state index contributed by atoms with van der Waals surface area (Å²) in [4.78, 5) is 34.6. The lowest BCUT2D eigenvalue weighted by atomic mass is 10.1. The third-order valence-electron chi connectivity index (χ3n) is 5.21. The van der Waals surface area contributed by atoms with Gasteiger partial charge in [-0.05, 0) is 30.3 Å². The predicted molar refractivity (Wildman–Crippen MR) is 135 cm³/mol. The van der Waals surface area contributed by atoms with Gasteiger partial charge in [-0.3, -0.25) is 9.59 Å². The van der Waals surface area contributed by atoms with Crippen LogP contribution in [0.3, 0.4) is 0 Å². The Morgan fingerprint density at radius 2 is 1.86 bits per heavy atom. The van der Waals surface area contributed by atoms with Crippen LogP contribution in [-0.2, 0) is 21.9 Å². The Hall–Kier alpha value is -3.54. The number of hydrogen-bond acceptors (Lipinski definition) is 7. The summed E-state index contributed by atoms with van der Waals surface area (Å²) in [6, 6.07) is 15.1. The summed E-state index contributed by atoms with van der Waals surface area (Å²) in [5.41, 5.74) is 1.46. The zero-order chi connectivity index (χ0) is 25.2. The summed E-state index contributed by atoms with van der Waals surface area (Å²) >= 11 is 1.18. The van der Waals surface area contributed by atoms with Crippen molar-refractivity contribution >= 4 is 50.1 Å². The monoisotopic (exact) mass is 509 g/mol. The van der Waals surface area contributed by atoms with Crippen molar-refractivity contribution in [1.82, 2.24) is 18.8 Å². The lowest BCUT2D eigenvalue weighted by Crippen LogP contribution is -2.22. The Balaban J connectivity index is 1.54. The highest BCUT2D eigenvalue weighted by Crippen LogP contribution is 2.26. The molecule has 2 aromatic carbocycles. The lowest BCUT2D eigenvalue weighted by molar-refractivity contribution is -0.113. The van der Waals surface area contributed by atoms with Crippen LogP contribution in [0.25, 0.3) is 10.9 Å². The number of para-hydroxylation sites is 1. The van der Waals surface area contributed by atoms with Gasteiger partial charge in [0.25, 0.3) is 0 Å². The molecular formula is C24H23N5O4S2. The first kappa shape index (κ1) is 24.6. The summed E-state index contributed by atoms with van der Waals surface area (Å²) in [5.74, 6) is -0.239. The van der Waals surface area contributed by atoms with Gasteiger partial charge in [0.05, 0.1) is 21.2 Å². The molecule has 35 heavy (non-hydrogen) atoms. The van der Waals surface area contributed by atoms with E-state index in [2.05, 4.69) is 15.3 Å². The van der Waals surface area contributed by atoms with Gasteiger partial charge < -0.3 is 9.88 Å². The summed E-state index contributed by atoms with van der Waals surface area (Å²) in [7, 11) is 1.02. The van der Waals surface area contributed by atoms with Crippen molar-refractivity contribution in [2.45, 2.75) is 9.92 Å². The van der Waals surface area contributed by atoms with Crippen LogP contribution in [0.5, 0.6) is 0 Å². The normalized spacial score (nSPS) is 11.7. The number of aryl methyl sites for hydroxylation is 1. The van der Waals surface area contributed by atoms with Crippen molar-refractivity contribution in [3.05, 3.63) is 78.4 Å². The molecular weight excluding hydrogens is 486 g/mol. The van der Waals surface area contributed by atoms with E-state index in [0.29, 0.717) is 33.0 Å². The van der Waals surface area contributed by atoms with E-state index in [1.165, 1.54) is 38.0 Å². The molecule has 0 radical (unpaired) electrons. The van der Waals surface area contributed by atoms with E-state index in [-0.39, 0.29) is 22.3 Å². The summed E-state index contributed by atoms with van der Waals surface area (Å²) in [6.07, 6.45) is 3.27. The average Bonchev–Trinajstić information content (AvgIpc) is 3.27. The number of ketones is 1. The molecule has 0 saturated heterocycles. The second-order valence-corrected chi connectivity index (χ2v) is 11.0. The number of pyridine rings is 1. The number of carbonyl (C=O) groups excluding carboxylic acids is 2. The van der Waals surface area contributed by atoms with Crippen LogP contribution in [0.4, 0.5) is 5.69 Å². The number of hydrogen-bond donors (Lipinski definition) is 1. The first-order valence-electron chi connectivity index (χ1n) is 10.5. The Bertz CT molecular complexity index is 1530. The zero-order valence-electron chi connectivity index (χ0n) is 19.3. The number of nitrogens with zero attached hydrogens (tertiary/aromatic N) is 4. The van der Waals surface area contributed by atoms with Crippen LogP contribution >= 0.6 is 11.8 Å². The van der Waals surface area contributed by atoms with Crippen molar-refractivity contribution in [2.24, 2.45) is 7.05 Å². The molecule has 1 N–H and O–H groups in total. The zero-order valence-corrected chi connectivity index (χ0v) is 20.9. The molecule has 0 spiro atoms. The number of thioether (sulfide) groups is 1. The quantitative estimate of drug-likeness (QED) is 0.287. The Labute approximate surface area is 207 Å². The number of aromatic nitrogens is 3. The molecule has 4 aromatic rings. The average molecular weight is 510 g/mol. The highest BCUT2D eigenvalue weighted by molar-refractivity contribution is 7.99. The fraction of sp³-hybridized carbons (Fsp3) is 0.167. The molecule has 11 heteroatoms. The van der Waals surface area contributed by atoms with E-state index in [9.17, 15) is 18.0 Å². The smallest absolute Gasteiger partial charge is 0.242 e. The number of nitrogens with one attached hydrogen (secondary N) is 1. The molecule has 4 rings (SSSR count). The number of benzene rings is 2. The summed E-state index contributed by atoms with van der Waals surface area (Å²) in [5, 5.41) is 3.93. The van der Waals surface area contributed by atoms with Crippen molar-refractivity contribution in [3.8, 4) is 0 Å². The van der Waals surface area contributed by atoms with Gasteiger partial charge in [0.1, 0.15) is 0 Å². The number of fused-ring (bicyclic) bond motifs is 1. The van der Waals surface area contributed by atoms with E-state index in [0.717, 1.165) is 4.31 Å². The Morgan fingerprint density at radius 3 is 2.57 bits per heavy atom. The maximum Gasteiger partial charge on any atom is 0.242 e. The maximum absolute atomic E-state index is 13.2. The molecule has 0 fully saturated rings. The summed E-state index contributed by atoms with van der Waals surface area (Å²) < 4.78 is 27.5. The summed E-state index contributed by atoms with van der Waals surface area (Å²) in [6.45, 7) is 0. The van der Waals surface area contributed by atoms with Crippen LogP contribution < -0.4 is 5.32 Å². The van der Waals surface area contributed by atoms with Crippen molar-refractivity contribution in [2.75, 3.05) is 25.2 Å². The minimum absolute atomic E-state index is 0.0199. The van der Waals surface area contributed by atoms with Gasteiger partial charge >= 0.3 is 0 Å². The van der Waals surface area contributed by atoms with Crippen molar-refractivity contribution in [3.63, 3.8) is 0 Å². The van der Waals surface area contributed by atoms with Crippen LogP contribution in [0.2, 0.25) is 0 Å². The van der Waals surface area contributed by atoms with Gasteiger partial charge in [-0.1, -0.05) is 36.0 Å². The molecule has 0 bridgehead atoms. The molecule has 180 valence electrons. The van der Waals surface area contributed by atoms with Gasteiger partial charge in [-0.2, -0.15) is 0 Å². The Kier molecular flexibility index (Phi) is 7.01. The van der Waals surface area contributed by atoms with Crippen LogP contribution in [0.1, 0.15) is 16.2 Å². The number of sulfonamides is 1. The number of carbonyl (C=O) groups is 2. The fourth-order valence-electron chi connectivity index (χ4n) is 3.40. The number of imidazole rings is 1. The largest absolute Gasteiger partial charge is 0.331 e. The maximum atomic E-state index is 13.2. The number of anilines is 1. The number of rotatable bonds is 8. The minimum Gasteiger partial charge on any atom is -0.331 e. The second kappa shape index (κ2) is 9.98. The molecule has 9 nitrogen and oxygen atoms in total. The van der Waals surface area contributed by atoms with Gasteiger partial charge in [-0.15, -0.1) is 0 Å². The molecule has 0 saturated carbocycles. The lowest BCUT2D eigenvalue weighted by Gasteiger charge is -2.13. The molecule has 0 aliphatic rings. The highest BCUT2D eigenvalue weighted by atomic mass is 32.2. The van der Waals surface area contributed by atoms with E-state index in [4.69, 9.17) is 0 Å². The molecule has 2 heterocycles. The van der Waals surface area contributed by atoms with Crippen LogP contribution in [0, 0.1) is 0 Å². The minimum atomic E-state index is -3.62. The van der Waals surface area contributed by atoms with E-state index in [1.807, 2.05) is 24.3 Å². The van der Waals surface area contributed by atoms with Crippen molar-refractivity contribution in [1.29, 1.82) is 0 Å². The van der Waals surface area contributed by atoms with Crippen molar-refractivity contribution < 1.29 is 18.0 Å². The molecule has 0 unspecified atom stereocenters. The standard InChI is InChI=1S/C24H23N5O4S2/c1-28(2)35(32,33)17-8-6-7-16(13-17)26-21(30)15-34-22-14-19(18-9-4-5-10-20(18)27-22)23(31)24-25-11-12-29(24)3/h4-14H,15H2,1-3H3,(H,26,30). The van der Waals surface area contributed by atoms with Gasteiger partial charge in [0, 0.05) is 50.2 Å². The second-order valence-electron chi connectivity index (χ2n) is 7.87. The van der Waals surface area contributed by atoms with E-state index < -0.39 is 10.0 Å². The molecule has 0 atom stereocenters. The van der Waals surface area contributed by atoms with Gasteiger partial charge in [0.2, 0.25) is 21.7 Å². The van der Waals surface area contributed by atoms with Gasteiger partial charge in [-0.25, -0.2) is 22.7 Å². The Morgan fingerprint density at radius 1 is 1.09 bits per heavy atom. The van der Waals surface area contributed by atoms with E-state index in [1.54, 1.807) is 42.2 Å².